The highest BCUT2D eigenvalue weighted by Gasteiger charge is 2.15. The van der Waals surface area contributed by atoms with Crippen LogP contribution in [0.4, 0.5) is 5.82 Å². The van der Waals surface area contributed by atoms with Gasteiger partial charge < -0.3 is 15.2 Å². The minimum absolute atomic E-state index is 0.210. The molecule has 0 saturated carbocycles. The van der Waals surface area contributed by atoms with Crippen molar-refractivity contribution in [3.8, 4) is 23.2 Å². The summed E-state index contributed by atoms with van der Waals surface area (Å²) in [6, 6.07) is 0. The van der Waals surface area contributed by atoms with E-state index in [9.17, 15) is 0 Å². The number of hydrogen-bond donors (Lipinski definition) is 2. The Kier molecular flexibility index (Phi) is 2.04. The number of nitrogens with one attached hydrogen (secondary N) is 1. The molecule has 0 spiro atoms. The Morgan fingerprint density at radius 1 is 1.12 bits per heavy atom. The Morgan fingerprint density at radius 2 is 2.00 bits per heavy atom. The second-order valence-corrected chi connectivity index (χ2v) is 3.15. The van der Waals surface area contributed by atoms with E-state index in [1.807, 2.05) is 0 Å². The van der Waals surface area contributed by atoms with Crippen LogP contribution < -0.4 is 5.73 Å². The third-order valence-corrected chi connectivity index (χ3v) is 2.07. The molecular weight excluding hydrogens is 222 g/mol. The summed E-state index contributed by atoms with van der Waals surface area (Å²) in [6.45, 7) is 0. The van der Waals surface area contributed by atoms with Crippen molar-refractivity contribution in [2.24, 2.45) is 0 Å². The molecule has 3 aromatic rings. The Hall–Kier alpha value is -2.77. The van der Waals surface area contributed by atoms with Crippen molar-refractivity contribution in [1.82, 2.24) is 30.1 Å². The number of rotatable bonds is 2. The summed E-state index contributed by atoms with van der Waals surface area (Å²) >= 11 is 0. The number of H-pyrrole nitrogens is 1. The summed E-state index contributed by atoms with van der Waals surface area (Å²) in [5, 5.41) is 3.77. The monoisotopic (exact) mass is 229 g/mol. The second-order valence-electron chi connectivity index (χ2n) is 3.15. The zero-order chi connectivity index (χ0) is 11.7. The average molecular weight is 229 g/mol. The van der Waals surface area contributed by atoms with Crippen LogP contribution in [0.1, 0.15) is 0 Å². The number of hydrogen-bond acceptors (Lipinski definition) is 7. The SMILES string of the molecule is Nc1nccnc1-c1nc(-c2ncc[nH]2)no1. The molecule has 3 rings (SSSR count). The smallest absolute Gasteiger partial charge is 0.280 e. The van der Waals surface area contributed by atoms with E-state index in [1.165, 1.54) is 12.4 Å². The molecule has 0 fully saturated rings. The fourth-order valence-electron chi connectivity index (χ4n) is 1.32. The molecule has 0 amide bonds. The average Bonchev–Trinajstić information content (AvgIpc) is 3.00. The van der Waals surface area contributed by atoms with E-state index in [4.69, 9.17) is 10.3 Å². The molecule has 0 aliphatic heterocycles. The Balaban J connectivity index is 2.04. The molecule has 0 bridgehead atoms. The van der Waals surface area contributed by atoms with Crippen LogP contribution in [0.15, 0.2) is 29.3 Å². The third kappa shape index (κ3) is 1.61. The van der Waals surface area contributed by atoms with Crippen LogP contribution in [-0.2, 0) is 0 Å². The van der Waals surface area contributed by atoms with Crippen LogP contribution >= 0.6 is 0 Å². The zero-order valence-electron chi connectivity index (χ0n) is 8.53. The van der Waals surface area contributed by atoms with E-state index in [0.29, 0.717) is 17.3 Å². The molecule has 8 nitrogen and oxygen atoms in total. The van der Waals surface area contributed by atoms with Gasteiger partial charge in [-0.2, -0.15) is 4.98 Å². The minimum atomic E-state index is 0.210. The highest BCUT2D eigenvalue weighted by atomic mass is 16.5. The van der Waals surface area contributed by atoms with Gasteiger partial charge in [-0.25, -0.2) is 15.0 Å². The van der Waals surface area contributed by atoms with Gasteiger partial charge in [0.05, 0.1) is 0 Å². The van der Waals surface area contributed by atoms with E-state index in [1.54, 1.807) is 12.4 Å². The second kappa shape index (κ2) is 3.67. The molecule has 3 aromatic heterocycles. The van der Waals surface area contributed by atoms with Crippen molar-refractivity contribution in [2.75, 3.05) is 5.73 Å². The molecule has 84 valence electrons. The molecule has 0 aliphatic carbocycles. The molecule has 0 radical (unpaired) electrons. The Labute approximate surface area is 94.9 Å². The number of aromatic nitrogens is 6. The number of nitrogen functional groups attached to an aromatic ring is 1. The van der Waals surface area contributed by atoms with Crippen LogP contribution in [0.3, 0.4) is 0 Å². The van der Waals surface area contributed by atoms with Gasteiger partial charge in [0, 0.05) is 24.8 Å². The lowest BCUT2D eigenvalue weighted by Crippen LogP contribution is -1.96. The van der Waals surface area contributed by atoms with Crippen molar-refractivity contribution >= 4 is 5.82 Å². The lowest BCUT2D eigenvalue weighted by Gasteiger charge is -1.95. The van der Waals surface area contributed by atoms with Crippen molar-refractivity contribution in [2.45, 2.75) is 0 Å². The van der Waals surface area contributed by atoms with E-state index in [2.05, 4.69) is 30.1 Å². The summed E-state index contributed by atoms with van der Waals surface area (Å²) in [4.78, 5) is 18.9. The maximum absolute atomic E-state index is 5.66. The van der Waals surface area contributed by atoms with Gasteiger partial charge in [0.15, 0.2) is 17.3 Å². The number of imidazole rings is 1. The van der Waals surface area contributed by atoms with Gasteiger partial charge in [0.1, 0.15) is 0 Å². The fraction of sp³-hybridized carbons (Fsp3) is 0. The number of aromatic amines is 1. The van der Waals surface area contributed by atoms with Crippen LogP contribution in [0.5, 0.6) is 0 Å². The van der Waals surface area contributed by atoms with Gasteiger partial charge in [-0.3, -0.25) is 0 Å². The highest BCUT2D eigenvalue weighted by Crippen LogP contribution is 2.21. The quantitative estimate of drug-likeness (QED) is 0.656. The van der Waals surface area contributed by atoms with Crippen LogP contribution in [0, 0.1) is 0 Å². The topological polar surface area (TPSA) is 119 Å². The predicted molar refractivity (Wildman–Crippen MR) is 57.3 cm³/mol. The third-order valence-electron chi connectivity index (χ3n) is 2.07. The lowest BCUT2D eigenvalue weighted by molar-refractivity contribution is 0.430. The maximum atomic E-state index is 5.66. The van der Waals surface area contributed by atoms with E-state index in [0.717, 1.165) is 0 Å². The van der Waals surface area contributed by atoms with Crippen molar-refractivity contribution < 1.29 is 4.52 Å². The molecule has 3 N–H and O–H groups in total. The van der Waals surface area contributed by atoms with E-state index in [-0.39, 0.29) is 11.7 Å². The fourth-order valence-corrected chi connectivity index (χ4v) is 1.32. The summed E-state index contributed by atoms with van der Waals surface area (Å²) in [5.41, 5.74) is 6.01. The standard InChI is InChI=1S/C9H7N7O/c10-6-5(11-1-2-12-6)9-15-8(16-17-9)7-13-3-4-14-7/h1-4H,(H2,10,12)(H,13,14). The summed E-state index contributed by atoms with van der Waals surface area (Å²) in [7, 11) is 0. The van der Waals surface area contributed by atoms with Gasteiger partial charge in [0.2, 0.25) is 5.82 Å². The van der Waals surface area contributed by atoms with Crippen LogP contribution in [0.2, 0.25) is 0 Å². The largest absolute Gasteiger partial charge is 0.382 e. The molecule has 0 unspecified atom stereocenters. The minimum Gasteiger partial charge on any atom is -0.382 e. The van der Waals surface area contributed by atoms with Crippen LogP contribution in [0.25, 0.3) is 23.2 Å². The summed E-state index contributed by atoms with van der Waals surface area (Å²) < 4.78 is 5.05. The maximum Gasteiger partial charge on any atom is 0.280 e. The summed E-state index contributed by atoms with van der Waals surface area (Å²) in [6.07, 6.45) is 6.26. The first-order chi connectivity index (χ1) is 8.34. The molecule has 8 heteroatoms. The van der Waals surface area contributed by atoms with Crippen molar-refractivity contribution in [1.29, 1.82) is 0 Å². The molecule has 0 aliphatic rings. The first-order valence-corrected chi connectivity index (χ1v) is 4.75. The molecule has 0 saturated heterocycles. The number of nitrogens with zero attached hydrogens (tertiary/aromatic N) is 5. The van der Waals surface area contributed by atoms with Crippen molar-refractivity contribution in [3.05, 3.63) is 24.8 Å². The highest BCUT2D eigenvalue weighted by molar-refractivity contribution is 5.62. The van der Waals surface area contributed by atoms with E-state index < -0.39 is 0 Å². The van der Waals surface area contributed by atoms with Gasteiger partial charge in [-0.15, -0.1) is 0 Å². The first-order valence-electron chi connectivity index (χ1n) is 4.75. The molecule has 3 heterocycles. The Bertz CT molecular complexity index is 630. The zero-order valence-corrected chi connectivity index (χ0v) is 8.53. The number of anilines is 1. The van der Waals surface area contributed by atoms with E-state index >= 15 is 0 Å². The predicted octanol–water partition coefficient (Wildman–Crippen LogP) is 0.499. The van der Waals surface area contributed by atoms with Gasteiger partial charge in [-0.1, -0.05) is 5.16 Å². The molecule has 0 atom stereocenters. The Morgan fingerprint density at radius 3 is 2.76 bits per heavy atom. The molecule has 17 heavy (non-hydrogen) atoms. The first kappa shape index (κ1) is 9.46. The normalized spacial score (nSPS) is 10.6. The van der Waals surface area contributed by atoms with Crippen LogP contribution in [-0.4, -0.2) is 30.1 Å². The summed E-state index contributed by atoms with van der Waals surface area (Å²) in [5.74, 6) is 1.31. The van der Waals surface area contributed by atoms with Gasteiger partial charge in [0.25, 0.3) is 5.89 Å². The van der Waals surface area contributed by atoms with Crippen molar-refractivity contribution in [3.63, 3.8) is 0 Å². The lowest BCUT2D eigenvalue weighted by atomic mass is 10.4. The number of nitrogens with two attached hydrogens (primary N) is 1. The molecule has 0 aromatic carbocycles. The van der Waals surface area contributed by atoms with Gasteiger partial charge in [-0.05, 0) is 0 Å². The van der Waals surface area contributed by atoms with Gasteiger partial charge >= 0.3 is 0 Å². The molecular formula is C9H7N7O.